The van der Waals surface area contributed by atoms with Crippen molar-refractivity contribution in [1.82, 2.24) is 9.55 Å². The number of hydrogen-bond acceptors (Lipinski definition) is 2. The number of aromatic hydroxyl groups is 1. The van der Waals surface area contributed by atoms with Gasteiger partial charge in [-0.25, -0.2) is 4.98 Å². The Balaban J connectivity index is 1.82. The Kier molecular flexibility index (Phi) is 2.65. The van der Waals surface area contributed by atoms with Gasteiger partial charge >= 0.3 is 0 Å². The van der Waals surface area contributed by atoms with Crippen LogP contribution in [0.25, 0.3) is 38.3 Å². The Hall–Kier alpha value is -3.33. The molecule has 0 radical (unpaired) electrons. The second-order valence-electron chi connectivity index (χ2n) is 5.99. The van der Waals surface area contributed by atoms with Gasteiger partial charge in [-0.15, -0.1) is 0 Å². The third-order valence-corrected chi connectivity index (χ3v) is 4.51. The van der Waals surface area contributed by atoms with Crippen molar-refractivity contribution in [1.29, 1.82) is 0 Å². The molecule has 0 amide bonds. The highest BCUT2D eigenvalue weighted by Gasteiger charge is 2.10. The highest BCUT2D eigenvalue weighted by molar-refractivity contribution is 6.00. The van der Waals surface area contributed by atoms with Gasteiger partial charge in [-0.05, 0) is 57.9 Å². The van der Waals surface area contributed by atoms with Crippen molar-refractivity contribution in [3.63, 3.8) is 0 Å². The molecule has 4 aromatic carbocycles. The van der Waals surface area contributed by atoms with Crippen molar-refractivity contribution in [2.75, 3.05) is 0 Å². The van der Waals surface area contributed by atoms with Crippen molar-refractivity contribution in [2.24, 2.45) is 0 Å². The fourth-order valence-corrected chi connectivity index (χ4v) is 3.31. The first-order valence-electron chi connectivity index (χ1n) is 7.87. The summed E-state index contributed by atoms with van der Waals surface area (Å²) in [6, 6.07) is 24.3. The van der Waals surface area contributed by atoms with Crippen molar-refractivity contribution < 1.29 is 5.11 Å². The van der Waals surface area contributed by atoms with Gasteiger partial charge < -0.3 is 5.11 Å². The quantitative estimate of drug-likeness (QED) is 0.441. The van der Waals surface area contributed by atoms with Crippen LogP contribution in [-0.2, 0) is 0 Å². The number of aromatic nitrogens is 2. The van der Waals surface area contributed by atoms with Crippen molar-refractivity contribution in [3.05, 3.63) is 79.1 Å². The molecular formula is C21H14N2O. The third kappa shape index (κ3) is 1.88. The van der Waals surface area contributed by atoms with Crippen LogP contribution in [0.3, 0.4) is 0 Å². The Labute approximate surface area is 138 Å². The van der Waals surface area contributed by atoms with Gasteiger partial charge in [0.15, 0.2) is 0 Å². The van der Waals surface area contributed by atoms with E-state index in [-0.39, 0.29) is 5.75 Å². The maximum Gasteiger partial charge on any atom is 0.140 e. The maximum absolute atomic E-state index is 10.6. The average Bonchev–Trinajstić information content (AvgIpc) is 3.03. The summed E-state index contributed by atoms with van der Waals surface area (Å²) in [6.07, 6.45) is 1.76. The monoisotopic (exact) mass is 310 g/mol. The van der Waals surface area contributed by atoms with E-state index in [1.165, 1.54) is 10.8 Å². The number of benzene rings is 4. The van der Waals surface area contributed by atoms with Gasteiger partial charge in [-0.2, -0.15) is 0 Å². The highest BCUT2D eigenvalue weighted by Crippen LogP contribution is 2.32. The third-order valence-electron chi connectivity index (χ3n) is 4.51. The predicted octanol–water partition coefficient (Wildman–Crippen LogP) is 5.04. The molecule has 0 atom stereocenters. The standard InChI is InChI=1S/C21H14N2O/c24-21-12-17-10-15-6-2-1-5-14(15)9-16(17)11-20(21)23-13-22-18-7-3-4-8-19(18)23/h1-13,24H. The second kappa shape index (κ2) is 4.83. The number of phenolic OH excluding ortho intramolecular Hbond substituents is 1. The lowest BCUT2D eigenvalue weighted by Gasteiger charge is -2.10. The molecule has 0 spiro atoms. The molecule has 0 aliphatic heterocycles. The summed E-state index contributed by atoms with van der Waals surface area (Å²) in [6.45, 7) is 0. The minimum Gasteiger partial charge on any atom is -0.506 e. The lowest BCUT2D eigenvalue weighted by atomic mass is 10.0. The molecule has 0 aliphatic rings. The van der Waals surface area contributed by atoms with Gasteiger partial charge in [0.2, 0.25) is 0 Å². The van der Waals surface area contributed by atoms with Crippen molar-refractivity contribution >= 4 is 32.6 Å². The van der Waals surface area contributed by atoms with E-state index in [0.717, 1.165) is 27.5 Å². The molecule has 0 fully saturated rings. The van der Waals surface area contributed by atoms with Gasteiger partial charge in [-0.1, -0.05) is 36.4 Å². The summed E-state index contributed by atoms with van der Waals surface area (Å²) in [5.74, 6) is 0.251. The smallest absolute Gasteiger partial charge is 0.140 e. The van der Waals surface area contributed by atoms with Crippen LogP contribution < -0.4 is 0 Å². The minimum absolute atomic E-state index is 0.251. The van der Waals surface area contributed by atoms with E-state index >= 15 is 0 Å². The SMILES string of the molecule is Oc1cc2cc3ccccc3cc2cc1-n1cnc2ccccc21. The number of rotatable bonds is 1. The van der Waals surface area contributed by atoms with Gasteiger partial charge in [0.1, 0.15) is 12.1 Å². The molecule has 0 unspecified atom stereocenters. The van der Waals surface area contributed by atoms with Crippen LogP contribution in [0, 0.1) is 0 Å². The van der Waals surface area contributed by atoms with Gasteiger partial charge in [0, 0.05) is 0 Å². The first-order chi connectivity index (χ1) is 11.8. The van der Waals surface area contributed by atoms with E-state index in [1.54, 1.807) is 6.33 Å². The summed E-state index contributed by atoms with van der Waals surface area (Å²) in [5, 5.41) is 15.1. The number of imidazole rings is 1. The van der Waals surface area contributed by atoms with E-state index < -0.39 is 0 Å². The fraction of sp³-hybridized carbons (Fsp3) is 0. The van der Waals surface area contributed by atoms with Gasteiger partial charge in [-0.3, -0.25) is 4.57 Å². The maximum atomic E-state index is 10.6. The first-order valence-corrected chi connectivity index (χ1v) is 7.87. The predicted molar refractivity (Wildman–Crippen MR) is 97.7 cm³/mol. The topological polar surface area (TPSA) is 38.0 Å². The number of nitrogens with zero attached hydrogens (tertiary/aromatic N) is 2. The second-order valence-corrected chi connectivity index (χ2v) is 5.99. The van der Waals surface area contributed by atoms with Crippen LogP contribution in [0.2, 0.25) is 0 Å². The molecule has 3 nitrogen and oxygen atoms in total. The van der Waals surface area contributed by atoms with E-state index in [2.05, 4.69) is 29.2 Å². The molecule has 0 saturated carbocycles. The zero-order chi connectivity index (χ0) is 16.1. The van der Waals surface area contributed by atoms with Crippen LogP contribution in [0.5, 0.6) is 5.75 Å². The average molecular weight is 310 g/mol. The van der Waals surface area contributed by atoms with Crippen LogP contribution in [0.15, 0.2) is 79.1 Å². The van der Waals surface area contributed by atoms with Crippen LogP contribution in [0.1, 0.15) is 0 Å². The Morgan fingerprint density at radius 2 is 1.38 bits per heavy atom. The van der Waals surface area contributed by atoms with Gasteiger partial charge in [0.25, 0.3) is 0 Å². The molecule has 0 bridgehead atoms. The van der Waals surface area contributed by atoms with Crippen LogP contribution in [-0.4, -0.2) is 14.7 Å². The zero-order valence-corrected chi connectivity index (χ0v) is 12.8. The van der Waals surface area contributed by atoms with E-state index in [9.17, 15) is 5.11 Å². The van der Waals surface area contributed by atoms with E-state index in [1.807, 2.05) is 53.1 Å². The van der Waals surface area contributed by atoms with E-state index in [4.69, 9.17) is 0 Å². The fourth-order valence-electron chi connectivity index (χ4n) is 3.31. The summed E-state index contributed by atoms with van der Waals surface area (Å²) in [4.78, 5) is 4.42. The first kappa shape index (κ1) is 13.1. The molecule has 0 aliphatic carbocycles. The summed E-state index contributed by atoms with van der Waals surface area (Å²) in [7, 11) is 0. The lowest BCUT2D eigenvalue weighted by molar-refractivity contribution is 0.473. The molecule has 5 aromatic rings. The molecule has 1 N–H and O–H groups in total. The molecule has 5 rings (SSSR count). The van der Waals surface area contributed by atoms with Crippen LogP contribution >= 0.6 is 0 Å². The largest absolute Gasteiger partial charge is 0.506 e. The normalized spacial score (nSPS) is 11.5. The lowest BCUT2D eigenvalue weighted by Crippen LogP contribution is -1.93. The Morgan fingerprint density at radius 1 is 0.708 bits per heavy atom. The van der Waals surface area contributed by atoms with E-state index in [0.29, 0.717) is 0 Å². The number of hydrogen-bond donors (Lipinski definition) is 1. The Morgan fingerprint density at radius 3 is 2.17 bits per heavy atom. The Bertz CT molecular complexity index is 1220. The molecular weight excluding hydrogens is 296 g/mol. The molecule has 0 saturated heterocycles. The minimum atomic E-state index is 0.251. The number of para-hydroxylation sites is 2. The summed E-state index contributed by atoms with van der Waals surface area (Å²) < 4.78 is 1.93. The van der Waals surface area contributed by atoms with Gasteiger partial charge in [0.05, 0.1) is 16.7 Å². The van der Waals surface area contributed by atoms with Crippen molar-refractivity contribution in [2.45, 2.75) is 0 Å². The number of phenols is 1. The van der Waals surface area contributed by atoms with Crippen LogP contribution in [0.4, 0.5) is 0 Å². The number of fused-ring (bicyclic) bond motifs is 3. The molecule has 114 valence electrons. The summed E-state index contributed by atoms with van der Waals surface area (Å²) in [5.41, 5.74) is 2.63. The highest BCUT2D eigenvalue weighted by atomic mass is 16.3. The molecule has 24 heavy (non-hydrogen) atoms. The van der Waals surface area contributed by atoms with Crippen molar-refractivity contribution in [3.8, 4) is 11.4 Å². The molecule has 3 heteroatoms. The molecule has 1 heterocycles. The zero-order valence-electron chi connectivity index (χ0n) is 12.8. The summed E-state index contributed by atoms with van der Waals surface area (Å²) >= 11 is 0. The molecule has 1 aromatic heterocycles.